The van der Waals surface area contributed by atoms with Crippen molar-refractivity contribution in [2.24, 2.45) is 11.8 Å². The number of hydrogen-bond acceptors (Lipinski definition) is 4. The normalized spacial score (nSPS) is 23.6. The van der Waals surface area contributed by atoms with Gasteiger partial charge in [-0.15, -0.1) is 0 Å². The quantitative estimate of drug-likeness (QED) is 0.401. The summed E-state index contributed by atoms with van der Waals surface area (Å²) in [4.78, 5) is 22.7. The van der Waals surface area contributed by atoms with E-state index in [1.54, 1.807) is 12.2 Å². The topological polar surface area (TPSA) is 94.8 Å². The Hall–Kier alpha value is -2.24. The number of benzene rings is 1. The molecular weight excluding hydrogens is 356 g/mol. The molecule has 5 heteroatoms. The lowest BCUT2D eigenvalue weighted by atomic mass is 9.90. The predicted octanol–water partition coefficient (Wildman–Crippen LogP) is 3.30. The summed E-state index contributed by atoms with van der Waals surface area (Å²) in [6, 6.07) is 9.93. The molecule has 1 aromatic carbocycles. The maximum absolute atomic E-state index is 12.2. The molecule has 0 amide bonds. The summed E-state index contributed by atoms with van der Waals surface area (Å²) in [5, 5.41) is 29.0. The highest BCUT2D eigenvalue weighted by Gasteiger charge is 2.39. The maximum Gasteiger partial charge on any atom is 0.303 e. The van der Waals surface area contributed by atoms with Crippen LogP contribution in [0.3, 0.4) is 0 Å². The van der Waals surface area contributed by atoms with Crippen LogP contribution in [0.25, 0.3) is 0 Å². The minimum atomic E-state index is -0.804. The van der Waals surface area contributed by atoms with Crippen LogP contribution in [0, 0.1) is 11.8 Å². The number of unbranched alkanes of at least 4 members (excludes halogenated alkanes) is 1. The minimum absolute atomic E-state index is 0.00304. The van der Waals surface area contributed by atoms with Gasteiger partial charge >= 0.3 is 5.97 Å². The number of carbonyl (C=O) groups is 2. The molecule has 0 aliphatic heterocycles. The van der Waals surface area contributed by atoms with Crippen molar-refractivity contribution in [2.45, 2.75) is 57.2 Å². The molecule has 2 rings (SSSR count). The summed E-state index contributed by atoms with van der Waals surface area (Å²) in [5.41, 5.74) is 1.16. The van der Waals surface area contributed by atoms with E-state index in [9.17, 15) is 19.8 Å². The van der Waals surface area contributed by atoms with E-state index < -0.39 is 18.2 Å². The van der Waals surface area contributed by atoms with Gasteiger partial charge in [-0.25, -0.2) is 0 Å². The largest absolute Gasteiger partial charge is 0.481 e. The average Bonchev–Trinajstić information content (AvgIpc) is 2.94. The van der Waals surface area contributed by atoms with Crippen LogP contribution in [0.1, 0.15) is 44.1 Å². The predicted molar refractivity (Wildman–Crippen MR) is 108 cm³/mol. The van der Waals surface area contributed by atoms with Gasteiger partial charge in [0.15, 0.2) is 0 Å². The third kappa shape index (κ3) is 7.41. The van der Waals surface area contributed by atoms with Crippen LogP contribution in [0.2, 0.25) is 0 Å². The molecule has 1 aliphatic rings. The molecule has 5 nitrogen and oxygen atoms in total. The third-order valence-electron chi connectivity index (χ3n) is 5.19. The number of carbonyl (C=O) groups excluding carboxylic acids is 1. The lowest BCUT2D eigenvalue weighted by molar-refractivity contribution is -0.137. The van der Waals surface area contributed by atoms with Crippen LogP contribution in [0.15, 0.2) is 54.6 Å². The SMILES string of the molecule is O=C(O)CCC/C=C\C[C@H]1C(O)CC(=O)[C@@H]1/C=C/C(O)CCc1ccccc1. The zero-order valence-corrected chi connectivity index (χ0v) is 16.1. The van der Waals surface area contributed by atoms with Crippen LogP contribution >= 0.6 is 0 Å². The summed E-state index contributed by atoms with van der Waals surface area (Å²) in [5.74, 6) is -1.38. The first kappa shape index (κ1) is 22.1. The molecule has 28 heavy (non-hydrogen) atoms. The van der Waals surface area contributed by atoms with Gasteiger partial charge in [0.1, 0.15) is 5.78 Å². The number of carboxylic acid groups (broad SMARTS) is 1. The lowest BCUT2D eigenvalue weighted by Crippen LogP contribution is -2.19. The molecule has 4 atom stereocenters. The lowest BCUT2D eigenvalue weighted by Gasteiger charge is -2.17. The fraction of sp³-hybridized carbons (Fsp3) is 0.478. The van der Waals surface area contributed by atoms with Gasteiger partial charge < -0.3 is 15.3 Å². The van der Waals surface area contributed by atoms with Gasteiger partial charge in [0.05, 0.1) is 12.2 Å². The van der Waals surface area contributed by atoms with E-state index in [2.05, 4.69) is 0 Å². The number of carboxylic acids is 1. The molecule has 1 aromatic rings. The van der Waals surface area contributed by atoms with E-state index in [1.807, 2.05) is 42.5 Å². The Morgan fingerprint density at radius 2 is 1.96 bits per heavy atom. The van der Waals surface area contributed by atoms with E-state index in [0.717, 1.165) is 12.0 Å². The standard InChI is InChI=1S/C23H30O5/c24-18(13-12-17-8-4-3-5-9-17)14-15-20-19(21(25)16-22(20)26)10-6-1-2-7-11-23(27)28/h1,3-6,8-9,14-15,18-21,24-25H,2,7,10-13,16H2,(H,27,28)/b6-1-,15-14+/t18?,19-,20-,21?/m1/s1. The van der Waals surface area contributed by atoms with Crippen molar-refractivity contribution in [3.05, 3.63) is 60.2 Å². The van der Waals surface area contributed by atoms with E-state index in [4.69, 9.17) is 5.11 Å². The fourth-order valence-electron chi connectivity index (χ4n) is 3.57. The second-order valence-electron chi connectivity index (χ2n) is 7.40. The molecule has 0 bridgehead atoms. The monoisotopic (exact) mass is 386 g/mol. The van der Waals surface area contributed by atoms with Crippen molar-refractivity contribution in [2.75, 3.05) is 0 Å². The summed E-state index contributed by atoms with van der Waals surface area (Å²) >= 11 is 0. The molecule has 0 spiro atoms. The zero-order chi connectivity index (χ0) is 20.4. The van der Waals surface area contributed by atoms with E-state index in [0.29, 0.717) is 25.7 Å². The molecule has 152 valence electrons. The molecule has 0 heterocycles. The molecule has 0 aromatic heterocycles. The Morgan fingerprint density at radius 1 is 1.21 bits per heavy atom. The smallest absolute Gasteiger partial charge is 0.303 e. The number of allylic oxidation sites excluding steroid dienone is 3. The van der Waals surface area contributed by atoms with Crippen molar-refractivity contribution >= 4 is 11.8 Å². The Morgan fingerprint density at radius 3 is 2.68 bits per heavy atom. The van der Waals surface area contributed by atoms with Gasteiger partial charge in [0.2, 0.25) is 0 Å². The van der Waals surface area contributed by atoms with Crippen LogP contribution < -0.4 is 0 Å². The molecule has 2 unspecified atom stereocenters. The van der Waals surface area contributed by atoms with Gasteiger partial charge in [-0.3, -0.25) is 9.59 Å². The fourth-order valence-corrected chi connectivity index (χ4v) is 3.57. The van der Waals surface area contributed by atoms with Gasteiger partial charge in [0.25, 0.3) is 0 Å². The number of aliphatic hydroxyl groups is 2. The van der Waals surface area contributed by atoms with Gasteiger partial charge in [-0.2, -0.15) is 0 Å². The highest BCUT2D eigenvalue weighted by atomic mass is 16.4. The zero-order valence-electron chi connectivity index (χ0n) is 16.1. The summed E-state index contributed by atoms with van der Waals surface area (Å²) in [6.45, 7) is 0. The highest BCUT2D eigenvalue weighted by molar-refractivity contribution is 5.86. The van der Waals surface area contributed by atoms with Crippen LogP contribution in [0.5, 0.6) is 0 Å². The van der Waals surface area contributed by atoms with E-state index >= 15 is 0 Å². The first-order valence-corrected chi connectivity index (χ1v) is 9.95. The number of hydrogen-bond donors (Lipinski definition) is 3. The number of aryl methyl sites for hydroxylation is 1. The van der Waals surface area contributed by atoms with Gasteiger partial charge in [-0.1, -0.05) is 54.6 Å². The van der Waals surface area contributed by atoms with E-state index in [-0.39, 0.29) is 30.5 Å². The number of ketones is 1. The van der Waals surface area contributed by atoms with Crippen LogP contribution in [0.4, 0.5) is 0 Å². The second kappa shape index (κ2) is 11.6. The molecule has 1 aliphatic carbocycles. The Kier molecular flexibility index (Phi) is 9.11. The first-order valence-electron chi connectivity index (χ1n) is 9.95. The summed E-state index contributed by atoms with van der Waals surface area (Å²) in [6.07, 6.45) is 9.39. The van der Waals surface area contributed by atoms with E-state index in [1.165, 1.54) is 0 Å². The van der Waals surface area contributed by atoms with Crippen molar-refractivity contribution in [3.8, 4) is 0 Å². The number of Topliss-reactive ketones (excluding diaryl/α,β-unsaturated/α-hetero) is 1. The van der Waals surface area contributed by atoms with Crippen LogP contribution in [-0.4, -0.2) is 39.3 Å². The number of aliphatic carboxylic acids is 1. The van der Waals surface area contributed by atoms with Crippen molar-refractivity contribution < 1.29 is 24.9 Å². The van der Waals surface area contributed by atoms with Crippen molar-refractivity contribution in [1.82, 2.24) is 0 Å². The maximum atomic E-state index is 12.2. The highest BCUT2D eigenvalue weighted by Crippen LogP contribution is 2.33. The summed E-state index contributed by atoms with van der Waals surface area (Å²) < 4.78 is 0. The van der Waals surface area contributed by atoms with Gasteiger partial charge in [-0.05, 0) is 37.7 Å². The molecule has 1 fully saturated rings. The summed E-state index contributed by atoms with van der Waals surface area (Å²) in [7, 11) is 0. The molecule has 0 saturated heterocycles. The molecule has 3 N–H and O–H groups in total. The number of rotatable bonds is 11. The van der Waals surface area contributed by atoms with Crippen LogP contribution in [-0.2, 0) is 16.0 Å². The molecule has 1 saturated carbocycles. The Labute approximate surface area is 166 Å². The van der Waals surface area contributed by atoms with Gasteiger partial charge in [0, 0.05) is 24.7 Å². The van der Waals surface area contributed by atoms with Crippen molar-refractivity contribution in [3.63, 3.8) is 0 Å². The second-order valence-corrected chi connectivity index (χ2v) is 7.40. The Balaban J connectivity index is 1.82. The first-order chi connectivity index (χ1) is 13.5. The molecule has 0 radical (unpaired) electrons. The van der Waals surface area contributed by atoms with Crippen molar-refractivity contribution in [1.29, 1.82) is 0 Å². The molecular formula is C23H30O5. The minimum Gasteiger partial charge on any atom is -0.481 e. The average molecular weight is 386 g/mol. The Bertz CT molecular complexity index is 679. The third-order valence-corrected chi connectivity index (χ3v) is 5.19. The number of aliphatic hydroxyl groups excluding tert-OH is 2.